The summed E-state index contributed by atoms with van der Waals surface area (Å²) in [6, 6.07) is 6.02. The number of nitrogens with zero attached hydrogens (tertiary/aromatic N) is 2. The van der Waals surface area contributed by atoms with Gasteiger partial charge in [-0.15, -0.1) is 24.0 Å². The Hall–Kier alpha value is -1.27. The average Bonchev–Trinajstić information content (AvgIpc) is 3.17. The number of aryl methyl sites for hydroxylation is 1. The van der Waals surface area contributed by atoms with E-state index in [0.29, 0.717) is 38.1 Å². The highest BCUT2D eigenvalue weighted by molar-refractivity contribution is 14.0. The molecule has 178 valence electrons. The second-order valence-corrected chi connectivity index (χ2v) is 7.63. The van der Waals surface area contributed by atoms with Gasteiger partial charge in [0.2, 0.25) is 0 Å². The molecule has 1 fully saturated rings. The Morgan fingerprint density at radius 1 is 1.32 bits per heavy atom. The summed E-state index contributed by atoms with van der Waals surface area (Å²) >= 11 is 0. The highest BCUT2D eigenvalue weighted by Gasteiger charge is 2.28. The van der Waals surface area contributed by atoms with Gasteiger partial charge in [-0.2, -0.15) is 13.2 Å². The van der Waals surface area contributed by atoms with Gasteiger partial charge >= 0.3 is 6.18 Å². The van der Waals surface area contributed by atoms with E-state index in [1.54, 1.807) is 0 Å². The number of hydrogen-bond donors (Lipinski definition) is 2. The van der Waals surface area contributed by atoms with Crippen molar-refractivity contribution >= 4 is 29.9 Å². The summed E-state index contributed by atoms with van der Waals surface area (Å²) in [5, 5.41) is 6.21. The molecule has 0 aromatic heterocycles. The zero-order valence-electron chi connectivity index (χ0n) is 18.4. The molecule has 2 rings (SSSR count). The van der Waals surface area contributed by atoms with Crippen LogP contribution in [0.5, 0.6) is 5.75 Å². The SMILES string of the molecule is CCNC(=NCc1ccc(C)cc1OCC1CCOC1)NCCN(C)CC(F)(F)F.I. The molecule has 6 nitrogen and oxygen atoms in total. The number of likely N-dealkylation sites (N-methyl/N-ethyl adjacent to an activating group) is 1. The second kappa shape index (κ2) is 14.0. The smallest absolute Gasteiger partial charge is 0.401 e. The van der Waals surface area contributed by atoms with Crippen molar-refractivity contribution in [3.63, 3.8) is 0 Å². The van der Waals surface area contributed by atoms with Gasteiger partial charge in [-0.25, -0.2) is 4.99 Å². The van der Waals surface area contributed by atoms with Crippen LogP contribution in [0.1, 0.15) is 24.5 Å². The van der Waals surface area contributed by atoms with E-state index in [0.717, 1.165) is 36.5 Å². The third kappa shape index (κ3) is 11.2. The molecule has 0 amide bonds. The molecule has 1 heterocycles. The van der Waals surface area contributed by atoms with Crippen LogP contribution in [0, 0.1) is 12.8 Å². The van der Waals surface area contributed by atoms with Crippen molar-refractivity contribution in [3.8, 4) is 5.75 Å². The molecule has 1 aliphatic heterocycles. The third-order valence-electron chi connectivity index (χ3n) is 4.71. The fourth-order valence-corrected chi connectivity index (χ4v) is 3.11. The fourth-order valence-electron chi connectivity index (χ4n) is 3.11. The van der Waals surface area contributed by atoms with Crippen LogP contribution < -0.4 is 15.4 Å². The summed E-state index contributed by atoms with van der Waals surface area (Å²) < 4.78 is 48.7. The topological polar surface area (TPSA) is 58.1 Å². The van der Waals surface area contributed by atoms with Crippen molar-refractivity contribution in [2.75, 3.05) is 53.0 Å². The van der Waals surface area contributed by atoms with E-state index in [9.17, 15) is 13.2 Å². The van der Waals surface area contributed by atoms with Gasteiger partial charge in [0.05, 0.1) is 26.3 Å². The molecule has 0 radical (unpaired) electrons. The zero-order valence-corrected chi connectivity index (χ0v) is 20.8. The van der Waals surface area contributed by atoms with E-state index in [1.165, 1.54) is 11.9 Å². The van der Waals surface area contributed by atoms with Gasteiger partial charge in [0.1, 0.15) is 5.75 Å². The van der Waals surface area contributed by atoms with Crippen LogP contribution in [0.2, 0.25) is 0 Å². The Balaban J connectivity index is 0.00000480. The Kier molecular flexibility index (Phi) is 12.5. The monoisotopic (exact) mass is 558 g/mol. The predicted octanol–water partition coefficient (Wildman–Crippen LogP) is 3.58. The van der Waals surface area contributed by atoms with E-state index in [4.69, 9.17) is 9.47 Å². The number of ether oxygens (including phenoxy) is 2. The van der Waals surface area contributed by atoms with Crippen molar-refractivity contribution in [1.82, 2.24) is 15.5 Å². The maximum atomic E-state index is 12.4. The predicted molar refractivity (Wildman–Crippen MR) is 127 cm³/mol. The van der Waals surface area contributed by atoms with E-state index in [-0.39, 0.29) is 30.5 Å². The minimum atomic E-state index is -4.19. The van der Waals surface area contributed by atoms with Gasteiger partial charge in [0.25, 0.3) is 0 Å². The number of alkyl halides is 3. The molecule has 31 heavy (non-hydrogen) atoms. The van der Waals surface area contributed by atoms with E-state index >= 15 is 0 Å². The Bertz CT molecular complexity index is 683. The number of nitrogens with one attached hydrogen (secondary N) is 2. The van der Waals surface area contributed by atoms with Crippen molar-refractivity contribution in [2.45, 2.75) is 33.0 Å². The van der Waals surface area contributed by atoms with Crippen LogP contribution in [0.25, 0.3) is 0 Å². The standard InChI is InChI=1S/C21H33F3N4O2.HI/c1-4-25-20(26-8-9-28(3)15-21(22,23)24)27-12-18-6-5-16(2)11-19(18)30-14-17-7-10-29-13-17;/h5-6,11,17H,4,7-10,12-15H2,1-3H3,(H2,25,26,27);1H. The molecule has 1 saturated heterocycles. The Labute approximate surface area is 200 Å². The lowest BCUT2D eigenvalue weighted by atomic mass is 10.1. The Morgan fingerprint density at radius 3 is 2.74 bits per heavy atom. The van der Waals surface area contributed by atoms with Crippen LogP contribution >= 0.6 is 24.0 Å². The normalized spacial score (nSPS) is 16.9. The molecule has 10 heteroatoms. The molecule has 0 bridgehead atoms. The van der Waals surface area contributed by atoms with Crippen molar-refractivity contribution in [2.24, 2.45) is 10.9 Å². The first-order valence-corrected chi connectivity index (χ1v) is 10.3. The van der Waals surface area contributed by atoms with E-state index in [2.05, 4.69) is 15.6 Å². The number of hydrogen-bond acceptors (Lipinski definition) is 4. The molecule has 0 spiro atoms. The Morgan fingerprint density at radius 2 is 2.10 bits per heavy atom. The van der Waals surface area contributed by atoms with E-state index < -0.39 is 12.7 Å². The molecular formula is C21H34F3IN4O2. The number of benzene rings is 1. The zero-order chi connectivity index (χ0) is 22.0. The largest absolute Gasteiger partial charge is 0.493 e. The number of rotatable bonds is 10. The maximum absolute atomic E-state index is 12.4. The summed E-state index contributed by atoms with van der Waals surface area (Å²) in [7, 11) is 1.45. The minimum absolute atomic E-state index is 0. The van der Waals surface area contributed by atoms with Crippen molar-refractivity contribution in [3.05, 3.63) is 29.3 Å². The molecular weight excluding hydrogens is 524 g/mol. The van der Waals surface area contributed by atoms with Crippen molar-refractivity contribution < 1.29 is 22.6 Å². The first-order valence-electron chi connectivity index (χ1n) is 10.3. The van der Waals surface area contributed by atoms with Crippen LogP contribution in [0.3, 0.4) is 0 Å². The van der Waals surface area contributed by atoms with Gasteiger partial charge in [-0.05, 0) is 38.9 Å². The second-order valence-electron chi connectivity index (χ2n) is 7.63. The lowest BCUT2D eigenvalue weighted by Gasteiger charge is -2.19. The summed E-state index contributed by atoms with van der Waals surface area (Å²) in [4.78, 5) is 5.81. The lowest BCUT2D eigenvalue weighted by Crippen LogP contribution is -2.42. The van der Waals surface area contributed by atoms with Crippen LogP contribution in [-0.4, -0.2) is 70.1 Å². The van der Waals surface area contributed by atoms with Gasteiger partial charge in [-0.3, -0.25) is 4.90 Å². The lowest BCUT2D eigenvalue weighted by molar-refractivity contribution is -0.142. The molecule has 1 aromatic rings. The summed E-state index contributed by atoms with van der Waals surface area (Å²) in [5.74, 6) is 1.79. The highest BCUT2D eigenvalue weighted by Crippen LogP contribution is 2.23. The molecule has 1 aliphatic rings. The molecule has 1 atom stereocenters. The maximum Gasteiger partial charge on any atom is 0.401 e. The van der Waals surface area contributed by atoms with Crippen LogP contribution in [0.4, 0.5) is 13.2 Å². The number of halogens is 4. The minimum Gasteiger partial charge on any atom is -0.493 e. The van der Waals surface area contributed by atoms with Crippen LogP contribution in [0.15, 0.2) is 23.2 Å². The molecule has 2 N–H and O–H groups in total. The average molecular weight is 558 g/mol. The third-order valence-corrected chi connectivity index (χ3v) is 4.71. The first kappa shape index (κ1) is 27.8. The summed E-state index contributed by atoms with van der Waals surface area (Å²) in [6.45, 7) is 6.84. The molecule has 1 aromatic carbocycles. The summed E-state index contributed by atoms with van der Waals surface area (Å²) in [5.41, 5.74) is 2.07. The fraction of sp³-hybridized carbons (Fsp3) is 0.667. The number of aliphatic imine (C=N–C) groups is 1. The quantitative estimate of drug-likeness (QED) is 0.261. The van der Waals surface area contributed by atoms with Gasteiger partial charge in [0, 0.05) is 37.7 Å². The van der Waals surface area contributed by atoms with E-state index in [1.807, 2.05) is 32.0 Å². The summed E-state index contributed by atoms with van der Waals surface area (Å²) in [6.07, 6.45) is -3.18. The molecule has 0 aliphatic carbocycles. The number of guanidine groups is 1. The van der Waals surface area contributed by atoms with Gasteiger partial charge in [0.15, 0.2) is 5.96 Å². The van der Waals surface area contributed by atoms with Gasteiger partial charge in [-0.1, -0.05) is 12.1 Å². The molecule has 1 unspecified atom stereocenters. The molecule has 0 saturated carbocycles. The highest BCUT2D eigenvalue weighted by atomic mass is 127. The van der Waals surface area contributed by atoms with Crippen molar-refractivity contribution in [1.29, 1.82) is 0 Å². The van der Waals surface area contributed by atoms with Crippen LogP contribution in [-0.2, 0) is 11.3 Å². The first-order chi connectivity index (χ1) is 14.3. The van der Waals surface area contributed by atoms with Gasteiger partial charge < -0.3 is 20.1 Å².